The Bertz CT molecular complexity index is 296. The van der Waals surface area contributed by atoms with E-state index in [-0.39, 0.29) is 11.8 Å². The van der Waals surface area contributed by atoms with Crippen LogP contribution >= 0.6 is 0 Å². The van der Waals surface area contributed by atoms with Gasteiger partial charge in [0.05, 0.1) is 0 Å². The minimum Gasteiger partial charge on any atom is -0.356 e. The van der Waals surface area contributed by atoms with E-state index in [0.29, 0.717) is 12.8 Å². The lowest BCUT2D eigenvalue weighted by atomic mass is 10.2. The van der Waals surface area contributed by atoms with Crippen molar-refractivity contribution in [3.63, 3.8) is 0 Å². The van der Waals surface area contributed by atoms with Gasteiger partial charge in [-0.1, -0.05) is 33.6 Å². The largest absolute Gasteiger partial charge is 0.356 e. The topological polar surface area (TPSA) is 61.4 Å². The van der Waals surface area contributed by atoms with Gasteiger partial charge in [-0.25, -0.2) is 0 Å². The standard InChI is InChI=1S/C17H35N3O2/c1-4-7-12-19-17(22)10-15-20(13-8-5-2)14-9-16(21)18-11-6-3/h4-15H2,1-3H3,(H,18,21)(H,19,22). The van der Waals surface area contributed by atoms with Crippen LogP contribution in [0.1, 0.15) is 65.7 Å². The molecular formula is C17H35N3O2. The number of carbonyl (C=O) groups excluding carboxylic acids is 2. The number of hydrogen-bond acceptors (Lipinski definition) is 3. The molecule has 22 heavy (non-hydrogen) atoms. The molecule has 0 rings (SSSR count). The van der Waals surface area contributed by atoms with E-state index in [1.807, 2.05) is 6.92 Å². The molecule has 0 aliphatic rings. The summed E-state index contributed by atoms with van der Waals surface area (Å²) in [5, 5.41) is 5.84. The van der Waals surface area contributed by atoms with Crippen LogP contribution in [-0.2, 0) is 9.59 Å². The van der Waals surface area contributed by atoms with Crippen LogP contribution in [0.15, 0.2) is 0 Å². The first-order valence-corrected chi connectivity index (χ1v) is 8.89. The first kappa shape index (κ1) is 20.9. The van der Waals surface area contributed by atoms with Gasteiger partial charge in [-0.15, -0.1) is 0 Å². The highest BCUT2D eigenvalue weighted by molar-refractivity contribution is 5.76. The molecule has 0 aromatic carbocycles. The van der Waals surface area contributed by atoms with Crippen molar-refractivity contribution in [1.29, 1.82) is 0 Å². The Hall–Kier alpha value is -1.10. The van der Waals surface area contributed by atoms with Crippen molar-refractivity contribution in [2.45, 2.75) is 65.7 Å². The molecular weight excluding hydrogens is 278 g/mol. The fourth-order valence-electron chi connectivity index (χ4n) is 2.08. The van der Waals surface area contributed by atoms with E-state index in [0.717, 1.165) is 64.8 Å². The molecule has 0 aromatic heterocycles. The van der Waals surface area contributed by atoms with Crippen molar-refractivity contribution >= 4 is 11.8 Å². The SMILES string of the molecule is CCCCNC(=O)CCN(CCCC)CCC(=O)NCCC. The van der Waals surface area contributed by atoms with Gasteiger partial charge in [0.2, 0.25) is 11.8 Å². The van der Waals surface area contributed by atoms with Gasteiger partial charge in [0.1, 0.15) is 0 Å². The summed E-state index contributed by atoms with van der Waals surface area (Å²) in [4.78, 5) is 25.7. The second-order valence-electron chi connectivity index (χ2n) is 5.75. The van der Waals surface area contributed by atoms with E-state index >= 15 is 0 Å². The van der Waals surface area contributed by atoms with Crippen molar-refractivity contribution in [3.05, 3.63) is 0 Å². The number of carbonyl (C=O) groups is 2. The Morgan fingerprint density at radius 2 is 1.27 bits per heavy atom. The predicted molar refractivity (Wildman–Crippen MR) is 91.8 cm³/mol. The van der Waals surface area contributed by atoms with Crippen molar-refractivity contribution in [2.24, 2.45) is 0 Å². The molecule has 0 spiro atoms. The summed E-state index contributed by atoms with van der Waals surface area (Å²) >= 11 is 0. The van der Waals surface area contributed by atoms with Crippen molar-refractivity contribution in [3.8, 4) is 0 Å². The fourth-order valence-corrected chi connectivity index (χ4v) is 2.08. The maximum absolute atomic E-state index is 11.8. The summed E-state index contributed by atoms with van der Waals surface area (Å²) < 4.78 is 0. The molecule has 0 saturated carbocycles. The van der Waals surface area contributed by atoms with E-state index in [1.165, 1.54) is 0 Å². The van der Waals surface area contributed by atoms with Gasteiger partial charge in [-0.3, -0.25) is 9.59 Å². The van der Waals surface area contributed by atoms with Gasteiger partial charge in [0, 0.05) is 39.0 Å². The number of hydrogen-bond donors (Lipinski definition) is 2. The summed E-state index contributed by atoms with van der Waals surface area (Å²) in [6.07, 6.45) is 6.35. The first-order chi connectivity index (χ1) is 10.6. The lowest BCUT2D eigenvalue weighted by Gasteiger charge is -2.21. The molecule has 0 bridgehead atoms. The van der Waals surface area contributed by atoms with E-state index < -0.39 is 0 Å². The van der Waals surface area contributed by atoms with Gasteiger partial charge in [-0.2, -0.15) is 0 Å². The van der Waals surface area contributed by atoms with Crippen LogP contribution in [0, 0.1) is 0 Å². The molecule has 0 unspecified atom stereocenters. The maximum Gasteiger partial charge on any atom is 0.221 e. The zero-order chi connectivity index (χ0) is 16.6. The molecule has 0 aliphatic heterocycles. The minimum atomic E-state index is 0.107. The smallest absolute Gasteiger partial charge is 0.221 e. The molecule has 130 valence electrons. The zero-order valence-electron chi connectivity index (χ0n) is 14.7. The number of nitrogens with zero attached hydrogens (tertiary/aromatic N) is 1. The van der Waals surface area contributed by atoms with Crippen LogP contribution in [-0.4, -0.2) is 49.4 Å². The van der Waals surface area contributed by atoms with Crippen molar-refractivity contribution < 1.29 is 9.59 Å². The van der Waals surface area contributed by atoms with Gasteiger partial charge in [0.25, 0.3) is 0 Å². The third-order valence-electron chi connectivity index (χ3n) is 3.56. The molecule has 0 radical (unpaired) electrons. The van der Waals surface area contributed by atoms with Gasteiger partial charge in [-0.05, 0) is 25.8 Å². The lowest BCUT2D eigenvalue weighted by molar-refractivity contribution is -0.121. The van der Waals surface area contributed by atoms with Crippen LogP contribution < -0.4 is 10.6 Å². The van der Waals surface area contributed by atoms with Gasteiger partial charge >= 0.3 is 0 Å². The molecule has 0 aromatic rings. The number of unbranched alkanes of at least 4 members (excludes halogenated alkanes) is 2. The van der Waals surface area contributed by atoms with E-state index in [1.54, 1.807) is 0 Å². The highest BCUT2D eigenvalue weighted by Crippen LogP contribution is 1.99. The quantitative estimate of drug-likeness (QED) is 0.484. The average Bonchev–Trinajstić information content (AvgIpc) is 2.52. The van der Waals surface area contributed by atoms with Gasteiger partial charge < -0.3 is 15.5 Å². The van der Waals surface area contributed by atoms with Gasteiger partial charge in [0.15, 0.2) is 0 Å². The average molecular weight is 313 g/mol. The van der Waals surface area contributed by atoms with Crippen molar-refractivity contribution in [1.82, 2.24) is 15.5 Å². The van der Waals surface area contributed by atoms with Crippen LogP contribution in [0.5, 0.6) is 0 Å². The lowest BCUT2D eigenvalue weighted by Crippen LogP contribution is -2.35. The highest BCUT2D eigenvalue weighted by atomic mass is 16.2. The molecule has 0 aliphatic carbocycles. The Labute approximate surface area is 136 Å². The van der Waals surface area contributed by atoms with Crippen LogP contribution in [0.2, 0.25) is 0 Å². The zero-order valence-corrected chi connectivity index (χ0v) is 14.7. The maximum atomic E-state index is 11.8. The number of rotatable bonds is 14. The summed E-state index contributed by atoms with van der Waals surface area (Å²) in [7, 11) is 0. The van der Waals surface area contributed by atoms with E-state index in [2.05, 4.69) is 29.4 Å². The number of amides is 2. The first-order valence-electron chi connectivity index (χ1n) is 8.89. The molecule has 5 nitrogen and oxygen atoms in total. The van der Waals surface area contributed by atoms with Crippen molar-refractivity contribution in [2.75, 3.05) is 32.7 Å². The molecule has 0 saturated heterocycles. The van der Waals surface area contributed by atoms with E-state index in [9.17, 15) is 9.59 Å². The summed E-state index contributed by atoms with van der Waals surface area (Å²) in [6, 6.07) is 0. The third kappa shape index (κ3) is 12.6. The summed E-state index contributed by atoms with van der Waals surface area (Å²) in [5.74, 6) is 0.223. The Balaban J connectivity index is 4.00. The van der Waals surface area contributed by atoms with Crippen LogP contribution in [0.25, 0.3) is 0 Å². The Morgan fingerprint density at radius 3 is 1.77 bits per heavy atom. The summed E-state index contributed by atoms with van der Waals surface area (Å²) in [6.45, 7) is 10.3. The normalized spacial score (nSPS) is 10.7. The van der Waals surface area contributed by atoms with Crippen LogP contribution in [0.3, 0.4) is 0 Å². The monoisotopic (exact) mass is 313 g/mol. The summed E-state index contributed by atoms with van der Waals surface area (Å²) in [5.41, 5.74) is 0. The highest BCUT2D eigenvalue weighted by Gasteiger charge is 2.10. The predicted octanol–water partition coefficient (Wildman–Crippen LogP) is 2.31. The second kappa shape index (κ2) is 14.8. The minimum absolute atomic E-state index is 0.107. The number of nitrogens with one attached hydrogen (secondary N) is 2. The molecule has 0 fully saturated rings. The Kier molecular flexibility index (Phi) is 14.1. The second-order valence-corrected chi connectivity index (χ2v) is 5.75. The Morgan fingerprint density at radius 1 is 0.727 bits per heavy atom. The molecule has 2 amide bonds. The van der Waals surface area contributed by atoms with Crippen LogP contribution in [0.4, 0.5) is 0 Å². The fraction of sp³-hybridized carbons (Fsp3) is 0.882. The molecule has 0 heterocycles. The van der Waals surface area contributed by atoms with E-state index in [4.69, 9.17) is 0 Å². The molecule has 5 heteroatoms. The third-order valence-corrected chi connectivity index (χ3v) is 3.56. The molecule has 0 atom stereocenters. The molecule has 2 N–H and O–H groups in total.